The Balaban J connectivity index is 1.84. The van der Waals surface area contributed by atoms with Crippen molar-refractivity contribution < 1.29 is 17.9 Å². The molecule has 0 saturated carbocycles. The highest BCUT2D eigenvalue weighted by Gasteiger charge is 2.27. The molecule has 0 aliphatic carbocycles. The number of carbonyl (C=O) groups is 1. The van der Waals surface area contributed by atoms with Gasteiger partial charge in [-0.25, -0.2) is 8.42 Å². The Bertz CT molecular complexity index is 925. The SMILES string of the molecule is Cc1cccc(N(CC(=O)NC[C@@H]2CCCO2)S(=O)(=O)c2ccc(Cl)cc2)c1. The van der Waals surface area contributed by atoms with Crippen molar-refractivity contribution in [3.8, 4) is 0 Å². The van der Waals surface area contributed by atoms with Crippen molar-refractivity contribution in [2.24, 2.45) is 0 Å². The summed E-state index contributed by atoms with van der Waals surface area (Å²) in [5.74, 6) is -0.380. The molecule has 1 atom stereocenters. The van der Waals surface area contributed by atoms with Crippen LogP contribution >= 0.6 is 11.6 Å². The van der Waals surface area contributed by atoms with Gasteiger partial charge in [0.05, 0.1) is 16.7 Å². The number of ether oxygens (including phenoxy) is 1. The number of aryl methyl sites for hydroxylation is 1. The van der Waals surface area contributed by atoms with Crippen LogP contribution in [-0.2, 0) is 19.6 Å². The topological polar surface area (TPSA) is 75.7 Å². The van der Waals surface area contributed by atoms with Gasteiger partial charge < -0.3 is 10.1 Å². The number of halogens is 1. The monoisotopic (exact) mass is 422 g/mol. The standard InChI is InChI=1S/C20H23ClN2O4S/c1-15-4-2-5-17(12-15)23(14-20(24)22-13-18-6-3-11-27-18)28(25,26)19-9-7-16(21)8-10-19/h2,4-5,7-10,12,18H,3,6,11,13-14H2,1H3,(H,22,24)/t18-/m0/s1. The molecule has 1 heterocycles. The summed E-state index contributed by atoms with van der Waals surface area (Å²) >= 11 is 5.88. The van der Waals surface area contributed by atoms with E-state index < -0.39 is 10.0 Å². The lowest BCUT2D eigenvalue weighted by molar-refractivity contribution is -0.120. The number of nitrogens with zero attached hydrogens (tertiary/aromatic N) is 1. The lowest BCUT2D eigenvalue weighted by Gasteiger charge is -2.24. The van der Waals surface area contributed by atoms with Gasteiger partial charge in [-0.2, -0.15) is 0 Å². The number of anilines is 1. The van der Waals surface area contributed by atoms with Crippen molar-refractivity contribution >= 4 is 33.2 Å². The summed E-state index contributed by atoms with van der Waals surface area (Å²) in [4.78, 5) is 12.6. The van der Waals surface area contributed by atoms with Crippen LogP contribution in [0.3, 0.4) is 0 Å². The fourth-order valence-corrected chi connectivity index (χ4v) is 4.59. The number of carbonyl (C=O) groups excluding carboxylic acids is 1. The Morgan fingerprint density at radius 1 is 1.25 bits per heavy atom. The van der Waals surface area contributed by atoms with Crippen molar-refractivity contribution in [2.45, 2.75) is 30.8 Å². The van der Waals surface area contributed by atoms with E-state index in [0.29, 0.717) is 23.9 Å². The van der Waals surface area contributed by atoms with Crippen LogP contribution in [-0.4, -0.2) is 40.1 Å². The zero-order valence-electron chi connectivity index (χ0n) is 15.6. The number of amides is 1. The average molecular weight is 423 g/mol. The van der Waals surface area contributed by atoms with Crippen LogP contribution in [0.4, 0.5) is 5.69 Å². The van der Waals surface area contributed by atoms with Gasteiger partial charge in [-0.05, 0) is 61.7 Å². The predicted molar refractivity (Wildman–Crippen MR) is 109 cm³/mol. The fourth-order valence-electron chi connectivity index (χ4n) is 3.05. The second-order valence-corrected chi connectivity index (χ2v) is 9.04. The number of benzene rings is 2. The van der Waals surface area contributed by atoms with Crippen LogP contribution in [0, 0.1) is 6.92 Å². The summed E-state index contributed by atoms with van der Waals surface area (Å²) in [6.07, 6.45) is 1.86. The zero-order chi connectivity index (χ0) is 20.1. The van der Waals surface area contributed by atoms with E-state index in [1.54, 1.807) is 18.2 Å². The molecule has 1 aliphatic rings. The van der Waals surface area contributed by atoms with Gasteiger partial charge in [0, 0.05) is 18.2 Å². The van der Waals surface area contributed by atoms with E-state index in [1.165, 1.54) is 24.3 Å². The van der Waals surface area contributed by atoms with E-state index >= 15 is 0 Å². The quantitative estimate of drug-likeness (QED) is 0.743. The number of sulfonamides is 1. The highest BCUT2D eigenvalue weighted by atomic mass is 35.5. The van der Waals surface area contributed by atoms with E-state index in [-0.39, 0.29) is 23.5 Å². The Morgan fingerprint density at radius 2 is 2.00 bits per heavy atom. The van der Waals surface area contributed by atoms with Crippen molar-refractivity contribution in [1.82, 2.24) is 5.32 Å². The average Bonchev–Trinajstić information content (AvgIpc) is 3.18. The second-order valence-electron chi connectivity index (χ2n) is 6.74. The Labute approximate surface area is 170 Å². The molecule has 2 aromatic carbocycles. The summed E-state index contributed by atoms with van der Waals surface area (Å²) in [6.45, 7) is 2.62. The minimum absolute atomic E-state index is 0.00996. The summed E-state index contributed by atoms with van der Waals surface area (Å²) in [6, 6.07) is 12.9. The molecule has 0 aromatic heterocycles. The predicted octanol–water partition coefficient (Wildman–Crippen LogP) is 3.14. The summed E-state index contributed by atoms with van der Waals surface area (Å²) in [5, 5.41) is 3.22. The van der Waals surface area contributed by atoms with E-state index in [4.69, 9.17) is 16.3 Å². The fraction of sp³-hybridized carbons (Fsp3) is 0.350. The molecule has 150 valence electrons. The lowest BCUT2D eigenvalue weighted by Crippen LogP contribution is -2.42. The van der Waals surface area contributed by atoms with Crippen molar-refractivity contribution in [3.63, 3.8) is 0 Å². The highest BCUT2D eigenvalue weighted by Crippen LogP contribution is 2.25. The molecule has 1 N–H and O–H groups in total. The largest absolute Gasteiger partial charge is 0.376 e. The first-order valence-corrected chi connectivity index (χ1v) is 10.9. The molecule has 0 radical (unpaired) electrons. The summed E-state index contributed by atoms with van der Waals surface area (Å²) in [7, 11) is -3.94. The van der Waals surface area contributed by atoms with Crippen molar-refractivity contribution in [1.29, 1.82) is 0 Å². The highest BCUT2D eigenvalue weighted by molar-refractivity contribution is 7.92. The number of nitrogens with one attached hydrogen (secondary N) is 1. The molecule has 1 amide bonds. The Kier molecular flexibility index (Phi) is 6.59. The van der Waals surface area contributed by atoms with Gasteiger partial charge in [0.1, 0.15) is 6.54 Å². The van der Waals surface area contributed by atoms with E-state index in [1.807, 2.05) is 13.0 Å². The third-order valence-corrected chi connectivity index (χ3v) is 6.57. The number of hydrogen-bond donors (Lipinski definition) is 1. The van der Waals surface area contributed by atoms with Crippen LogP contribution in [0.15, 0.2) is 53.4 Å². The Hall–Kier alpha value is -2.09. The van der Waals surface area contributed by atoms with Gasteiger partial charge in [0.15, 0.2) is 0 Å². The Morgan fingerprint density at radius 3 is 2.64 bits per heavy atom. The minimum atomic E-state index is -3.94. The molecular formula is C20H23ClN2O4S. The van der Waals surface area contributed by atoms with Gasteiger partial charge in [-0.3, -0.25) is 9.10 Å². The van der Waals surface area contributed by atoms with Crippen LogP contribution in [0.5, 0.6) is 0 Å². The van der Waals surface area contributed by atoms with Gasteiger partial charge in [0.2, 0.25) is 5.91 Å². The maximum atomic E-state index is 13.2. The maximum Gasteiger partial charge on any atom is 0.264 e. The third kappa shape index (κ3) is 5.04. The molecule has 1 fully saturated rings. The maximum absolute atomic E-state index is 13.2. The second kappa shape index (κ2) is 8.94. The van der Waals surface area contributed by atoms with Crippen LogP contribution in [0.1, 0.15) is 18.4 Å². The molecule has 1 saturated heterocycles. The summed E-state index contributed by atoms with van der Waals surface area (Å²) < 4.78 is 33.1. The van der Waals surface area contributed by atoms with Crippen molar-refractivity contribution in [3.05, 3.63) is 59.1 Å². The van der Waals surface area contributed by atoms with Gasteiger partial charge in [-0.1, -0.05) is 23.7 Å². The van der Waals surface area contributed by atoms with E-state index in [2.05, 4.69) is 5.32 Å². The van der Waals surface area contributed by atoms with Crippen molar-refractivity contribution in [2.75, 3.05) is 24.0 Å². The van der Waals surface area contributed by atoms with Gasteiger partial charge >= 0.3 is 0 Å². The molecule has 1 aliphatic heterocycles. The first kappa shape index (κ1) is 20.6. The van der Waals surface area contributed by atoms with Crippen LogP contribution in [0.2, 0.25) is 5.02 Å². The number of hydrogen-bond acceptors (Lipinski definition) is 4. The molecule has 0 unspecified atom stereocenters. The molecule has 0 spiro atoms. The first-order chi connectivity index (χ1) is 13.4. The molecule has 0 bridgehead atoms. The van der Waals surface area contributed by atoms with Crippen LogP contribution < -0.4 is 9.62 Å². The van der Waals surface area contributed by atoms with E-state index in [0.717, 1.165) is 22.7 Å². The molecule has 8 heteroatoms. The molecule has 6 nitrogen and oxygen atoms in total. The normalized spacial score (nSPS) is 16.7. The smallest absolute Gasteiger partial charge is 0.264 e. The third-order valence-electron chi connectivity index (χ3n) is 4.53. The zero-order valence-corrected chi connectivity index (χ0v) is 17.2. The van der Waals surface area contributed by atoms with Crippen LogP contribution in [0.25, 0.3) is 0 Å². The van der Waals surface area contributed by atoms with Gasteiger partial charge in [0.25, 0.3) is 10.0 Å². The molecule has 3 rings (SSSR count). The molecule has 28 heavy (non-hydrogen) atoms. The number of rotatable bonds is 7. The lowest BCUT2D eigenvalue weighted by atomic mass is 10.2. The van der Waals surface area contributed by atoms with E-state index in [9.17, 15) is 13.2 Å². The molecule has 2 aromatic rings. The molecular weight excluding hydrogens is 400 g/mol. The first-order valence-electron chi connectivity index (χ1n) is 9.09. The summed E-state index contributed by atoms with van der Waals surface area (Å²) in [5.41, 5.74) is 1.33. The van der Waals surface area contributed by atoms with Gasteiger partial charge in [-0.15, -0.1) is 0 Å². The minimum Gasteiger partial charge on any atom is -0.376 e.